The summed E-state index contributed by atoms with van der Waals surface area (Å²) < 4.78 is 26.1. The Kier molecular flexibility index (Phi) is 6.43. The second-order valence-electron chi connectivity index (χ2n) is 9.18. The molecule has 0 radical (unpaired) electrons. The third-order valence-corrected chi connectivity index (χ3v) is 6.78. The highest BCUT2D eigenvalue weighted by molar-refractivity contribution is 6.16. The lowest BCUT2D eigenvalue weighted by Gasteiger charge is -2.21. The summed E-state index contributed by atoms with van der Waals surface area (Å²) >= 11 is 0. The van der Waals surface area contributed by atoms with E-state index < -0.39 is 34.5 Å². The van der Waals surface area contributed by atoms with Crippen LogP contribution in [0.4, 0.5) is 27.1 Å². The van der Waals surface area contributed by atoms with Crippen LogP contribution >= 0.6 is 0 Å². The Morgan fingerprint density at radius 3 is 2.49 bits per heavy atom. The van der Waals surface area contributed by atoms with Crippen molar-refractivity contribution in [1.82, 2.24) is 0 Å². The highest BCUT2D eigenvalue weighted by Crippen LogP contribution is 2.39. The lowest BCUT2D eigenvalue weighted by Crippen LogP contribution is -2.37. The van der Waals surface area contributed by atoms with E-state index in [2.05, 4.69) is 10.6 Å². The Balaban J connectivity index is 1.51. The molecule has 3 aromatic carbocycles. The van der Waals surface area contributed by atoms with Crippen LogP contribution < -0.4 is 36.9 Å². The molecular formula is C28H25FN4O6. The summed E-state index contributed by atoms with van der Waals surface area (Å²) in [6.07, 6.45) is 0.538. The first kappa shape index (κ1) is 25.7. The van der Waals surface area contributed by atoms with Crippen LogP contribution in [0.1, 0.15) is 57.2 Å². The van der Waals surface area contributed by atoms with Gasteiger partial charge in [-0.1, -0.05) is 13.0 Å². The molecule has 2 amide bonds. The quantitative estimate of drug-likeness (QED) is 0.275. The number of aryl methyl sites for hydroxylation is 1. The van der Waals surface area contributed by atoms with Gasteiger partial charge in [0, 0.05) is 6.07 Å². The minimum Gasteiger partial charge on any atom is -0.497 e. The Labute approximate surface area is 221 Å². The molecule has 0 aliphatic carbocycles. The van der Waals surface area contributed by atoms with Crippen LogP contribution in [-0.2, 0) is 6.54 Å². The van der Waals surface area contributed by atoms with Gasteiger partial charge >= 0.3 is 0 Å². The van der Waals surface area contributed by atoms with Crippen molar-refractivity contribution in [3.63, 3.8) is 0 Å². The maximum Gasteiger partial charge on any atom is 0.261 e. The number of carbonyl (C=O) groups excluding carboxylic acids is 2. The number of methoxy groups -OCH3 is 1. The summed E-state index contributed by atoms with van der Waals surface area (Å²) in [4.78, 5) is 52.0. The molecule has 0 fully saturated rings. The van der Waals surface area contributed by atoms with Crippen LogP contribution in [0.2, 0.25) is 0 Å². The fraction of sp³-hybridized carbons (Fsp3) is 0.214. The van der Waals surface area contributed by atoms with E-state index in [4.69, 9.17) is 14.9 Å². The number of hydrogen-bond acceptors (Lipinski definition) is 8. The maximum absolute atomic E-state index is 15.2. The van der Waals surface area contributed by atoms with Crippen molar-refractivity contribution in [3.8, 4) is 5.75 Å². The predicted octanol–water partition coefficient (Wildman–Crippen LogP) is 3.90. The lowest BCUT2D eigenvalue weighted by atomic mass is 10.1. The molecule has 1 aliphatic rings. The minimum absolute atomic E-state index is 0.0172. The number of halogens is 1. The molecule has 1 aromatic heterocycles. The molecular weight excluding hydrogens is 507 g/mol. The molecule has 4 aromatic rings. The van der Waals surface area contributed by atoms with Gasteiger partial charge < -0.3 is 30.4 Å². The Bertz CT molecular complexity index is 1700. The van der Waals surface area contributed by atoms with E-state index in [9.17, 15) is 19.2 Å². The average molecular weight is 533 g/mol. The second kappa shape index (κ2) is 9.75. The number of benzene rings is 2. The summed E-state index contributed by atoms with van der Waals surface area (Å²) in [5.74, 6) is -0.507. The van der Waals surface area contributed by atoms with Gasteiger partial charge in [-0.25, -0.2) is 4.39 Å². The highest BCUT2D eigenvalue weighted by Gasteiger charge is 2.36. The molecule has 10 nitrogen and oxygen atoms in total. The number of carbonyl (C=O) groups is 2. The van der Waals surface area contributed by atoms with Gasteiger partial charge in [0.1, 0.15) is 34.5 Å². The second-order valence-corrected chi connectivity index (χ2v) is 9.18. The lowest BCUT2D eigenvalue weighted by molar-refractivity contribution is 0.0996. The van der Waals surface area contributed by atoms with Crippen molar-refractivity contribution in [3.05, 3.63) is 96.9 Å². The third kappa shape index (κ3) is 4.31. The number of rotatable bonds is 9. The molecule has 0 saturated heterocycles. The topological polar surface area (TPSA) is 144 Å². The molecule has 11 heteroatoms. The van der Waals surface area contributed by atoms with Crippen molar-refractivity contribution in [2.24, 2.45) is 5.73 Å². The van der Waals surface area contributed by atoms with Crippen LogP contribution in [0.25, 0.3) is 0 Å². The molecule has 200 valence electrons. The van der Waals surface area contributed by atoms with Gasteiger partial charge in [-0.05, 0) is 49.2 Å². The van der Waals surface area contributed by atoms with E-state index in [1.54, 1.807) is 19.1 Å². The molecule has 0 saturated carbocycles. The SMILES string of the molecule is CC[C@@H](Nc1c(Nc2c(F)ccc3c2C(=O)N(c2cc(OC)ccc2C(N)=O)C3)c(=O)c1=O)c1ccc(C)o1. The molecule has 0 bridgehead atoms. The average Bonchev–Trinajstić information content (AvgIpc) is 3.51. The number of fused-ring (bicyclic) bond motifs is 1. The molecule has 0 spiro atoms. The van der Waals surface area contributed by atoms with Gasteiger partial charge in [-0.2, -0.15) is 0 Å². The first-order chi connectivity index (χ1) is 18.6. The van der Waals surface area contributed by atoms with Crippen molar-refractivity contribution >= 4 is 34.6 Å². The number of ether oxygens (including phenoxy) is 1. The number of furan rings is 1. The zero-order valence-electron chi connectivity index (χ0n) is 21.4. The van der Waals surface area contributed by atoms with Crippen molar-refractivity contribution in [2.45, 2.75) is 32.9 Å². The molecule has 5 rings (SSSR count). The van der Waals surface area contributed by atoms with Gasteiger partial charge in [0.05, 0.1) is 42.2 Å². The fourth-order valence-corrected chi connectivity index (χ4v) is 4.72. The van der Waals surface area contributed by atoms with E-state index in [-0.39, 0.29) is 40.4 Å². The zero-order valence-corrected chi connectivity index (χ0v) is 21.4. The Morgan fingerprint density at radius 1 is 1.10 bits per heavy atom. The van der Waals surface area contributed by atoms with Crippen LogP contribution in [0.5, 0.6) is 5.75 Å². The van der Waals surface area contributed by atoms with E-state index in [1.807, 2.05) is 6.92 Å². The number of nitrogens with two attached hydrogens (primary N) is 1. The fourth-order valence-electron chi connectivity index (χ4n) is 4.72. The Hall–Kier alpha value is -4.93. The number of nitrogens with one attached hydrogen (secondary N) is 2. The largest absolute Gasteiger partial charge is 0.497 e. The number of hydrogen-bond donors (Lipinski definition) is 3. The summed E-state index contributed by atoms with van der Waals surface area (Å²) in [5.41, 5.74) is 4.21. The number of anilines is 4. The van der Waals surface area contributed by atoms with Gasteiger partial charge in [-0.3, -0.25) is 19.2 Å². The summed E-state index contributed by atoms with van der Waals surface area (Å²) in [7, 11) is 1.44. The summed E-state index contributed by atoms with van der Waals surface area (Å²) in [5, 5.41) is 5.72. The Morgan fingerprint density at radius 2 is 1.85 bits per heavy atom. The monoisotopic (exact) mass is 532 g/mol. The minimum atomic E-state index is -0.842. The highest BCUT2D eigenvalue weighted by atomic mass is 19.1. The standard InChI is InChI=1S/C28H25FN4O6/c1-4-18(20-10-5-13(2)39-20)31-23-24(26(35)25(23)34)32-22-17(29)9-6-14-12-33(28(37)21(14)22)19-11-15(38-3)7-8-16(19)27(30)36/h5-11,18,31-32H,4,12H2,1-3H3,(H2,30,36)/t18-/m1/s1. The summed E-state index contributed by atoms with van der Waals surface area (Å²) in [6.45, 7) is 3.69. The van der Waals surface area contributed by atoms with Crippen LogP contribution in [0.15, 0.2) is 56.5 Å². The predicted molar refractivity (Wildman–Crippen MR) is 143 cm³/mol. The smallest absolute Gasteiger partial charge is 0.261 e. The molecule has 2 heterocycles. The first-order valence-corrected chi connectivity index (χ1v) is 12.2. The van der Waals surface area contributed by atoms with E-state index in [1.165, 1.54) is 36.3 Å². The van der Waals surface area contributed by atoms with E-state index in [0.29, 0.717) is 29.3 Å². The molecule has 0 unspecified atom stereocenters. The van der Waals surface area contributed by atoms with Crippen LogP contribution in [-0.4, -0.2) is 18.9 Å². The molecule has 1 atom stereocenters. The molecule has 39 heavy (non-hydrogen) atoms. The maximum atomic E-state index is 15.2. The van der Waals surface area contributed by atoms with Crippen molar-refractivity contribution < 1.29 is 23.1 Å². The normalized spacial score (nSPS) is 13.4. The summed E-state index contributed by atoms with van der Waals surface area (Å²) in [6, 6.07) is 10.2. The van der Waals surface area contributed by atoms with Gasteiger partial charge in [0.15, 0.2) is 0 Å². The van der Waals surface area contributed by atoms with Gasteiger partial charge in [0.2, 0.25) is 0 Å². The van der Waals surface area contributed by atoms with Crippen LogP contribution in [0.3, 0.4) is 0 Å². The van der Waals surface area contributed by atoms with E-state index >= 15 is 4.39 Å². The van der Waals surface area contributed by atoms with Crippen molar-refractivity contribution in [1.29, 1.82) is 0 Å². The number of amides is 2. The van der Waals surface area contributed by atoms with E-state index in [0.717, 1.165) is 6.07 Å². The number of primary amides is 1. The van der Waals surface area contributed by atoms with Crippen molar-refractivity contribution in [2.75, 3.05) is 22.6 Å². The zero-order chi connectivity index (χ0) is 28.0. The third-order valence-electron chi connectivity index (χ3n) is 6.78. The molecule has 1 aliphatic heterocycles. The number of nitrogens with zero attached hydrogens (tertiary/aromatic N) is 1. The first-order valence-electron chi connectivity index (χ1n) is 12.2. The van der Waals surface area contributed by atoms with Gasteiger partial charge in [0.25, 0.3) is 22.7 Å². The molecule has 4 N–H and O–H groups in total. The van der Waals surface area contributed by atoms with Crippen LogP contribution in [0, 0.1) is 12.7 Å². The van der Waals surface area contributed by atoms with Gasteiger partial charge in [-0.15, -0.1) is 0 Å².